The van der Waals surface area contributed by atoms with E-state index in [2.05, 4.69) is 4.74 Å². The van der Waals surface area contributed by atoms with Gasteiger partial charge < -0.3 is 4.74 Å². The van der Waals surface area contributed by atoms with Crippen molar-refractivity contribution in [3.63, 3.8) is 0 Å². The highest BCUT2D eigenvalue weighted by molar-refractivity contribution is 6.61. The van der Waals surface area contributed by atoms with Crippen molar-refractivity contribution in [1.82, 2.24) is 4.90 Å². The minimum Gasteiger partial charge on any atom is -0.454 e. The average Bonchev–Trinajstić information content (AvgIpc) is 2.50. The van der Waals surface area contributed by atoms with Gasteiger partial charge in [-0.1, -0.05) is 13.8 Å². The van der Waals surface area contributed by atoms with Crippen LogP contribution < -0.4 is 0 Å². The fraction of sp³-hybridized carbons (Fsp3) is 0.545. The molecule has 0 atom stereocenters. The third kappa shape index (κ3) is 3.56. The second-order valence-electron chi connectivity index (χ2n) is 3.99. The molecule has 94 valence electrons. The van der Waals surface area contributed by atoms with Gasteiger partial charge in [-0.3, -0.25) is 14.5 Å². The maximum absolute atomic E-state index is 11.8. The van der Waals surface area contributed by atoms with Crippen LogP contribution >= 0.6 is 11.6 Å². The number of nitrogens with zero attached hydrogens (tertiary/aromatic N) is 1. The van der Waals surface area contributed by atoms with Crippen LogP contribution in [-0.4, -0.2) is 35.3 Å². The molecule has 0 aromatic carbocycles. The van der Waals surface area contributed by atoms with Gasteiger partial charge in [-0.25, -0.2) is 4.79 Å². The summed E-state index contributed by atoms with van der Waals surface area (Å²) in [4.78, 5) is 34.8. The molecule has 1 rings (SSSR count). The Morgan fingerprint density at radius 2 is 2.12 bits per heavy atom. The molecule has 6 heteroatoms. The van der Waals surface area contributed by atoms with Crippen molar-refractivity contribution in [2.75, 3.05) is 13.2 Å². The molecular formula is C11H14ClNO4. The number of carbonyl (C=O) groups is 3. The van der Waals surface area contributed by atoms with Crippen LogP contribution in [0.4, 0.5) is 4.79 Å². The van der Waals surface area contributed by atoms with Gasteiger partial charge in [-0.15, -0.1) is 0 Å². The smallest absolute Gasteiger partial charge is 0.403 e. The van der Waals surface area contributed by atoms with Gasteiger partial charge in [0.25, 0.3) is 11.8 Å². The van der Waals surface area contributed by atoms with Crippen molar-refractivity contribution in [3.8, 4) is 0 Å². The third-order valence-electron chi connectivity index (χ3n) is 2.40. The highest BCUT2D eigenvalue weighted by Gasteiger charge is 2.31. The third-order valence-corrected chi connectivity index (χ3v) is 2.51. The van der Waals surface area contributed by atoms with E-state index in [9.17, 15) is 14.4 Å². The minimum atomic E-state index is -0.884. The Morgan fingerprint density at radius 3 is 2.59 bits per heavy atom. The first-order valence-electron chi connectivity index (χ1n) is 5.33. The largest absolute Gasteiger partial charge is 0.454 e. The van der Waals surface area contributed by atoms with Gasteiger partial charge in [-0.05, 0) is 12.3 Å². The van der Waals surface area contributed by atoms with Crippen LogP contribution in [0.15, 0.2) is 11.6 Å². The van der Waals surface area contributed by atoms with Gasteiger partial charge >= 0.3 is 5.43 Å². The van der Waals surface area contributed by atoms with Crippen molar-refractivity contribution in [3.05, 3.63) is 11.6 Å². The van der Waals surface area contributed by atoms with Gasteiger partial charge in [0, 0.05) is 29.8 Å². The molecule has 2 amide bonds. The molecular weight excluding hydrogens is 246 g/mol. The Hall–Kier alpha value is -1.36. The highest BCUT2D eigenvalue weighted by Crippen LogP contribution is 2.20. The molecule has 1 heterocycles. The molecule has 0 fully saturated rings. The molecule has 0 radical (unpaired) electrons. The van der Waals surface area contributed by atoms with E-state index in [0.29, 0.717) is 12.0 Å². The predicted molar refractivity (Wildman–Crippen MR) is 61.5 cm³/mol. The van der Waals surface area contributed by atoms with Crippen molar-refractivity contribution in [2.24, 2.45) is 5.92 Å². The van der Waals surface area contributed by atoms with E-state index >= 15 is 0 Å². The number of hydrogen-bond acceptors (Lipinski definition) is 4. The Morgan fingerprint density at radius 1 is 1.47 bits per heavy atom. The lowest BCUT2D eigenvalue weighted by Crippen LogP contribution is -2.33. The second kappa shape index (κ2) is 5.82. The summed E-state index contributed by atoms with van der Waals surface area (Å²) in [6.07, 6.45) is 1.75. The highest BCUT2D eigenvalue weighted by atomic mass is 35.5. The van der Waals surface area contributed by atoms with Crippen LogP contribution in [-0.2, 0) is 14.3 Å². The lowest BCUT2D eigenvalue weighted by Gasteiger charge is -2.15. The lowest BCUT2D eigenvalue weighted by molar-refractivity contribution is -0.137. The molecule has 0 spiro atoms. The van der Waals surface area contributed by atoms with Crippen molar-refractivity contribution in [2.45, 2.75) is 20.3 Å². The molecule has 0 aromatic heterocycles. The Labute approximate surface area is 104 Å². The summed E-state index contributed by atoms with van der Waals surface area (Å²) < 4.78 is 4.51. The van der Waals surface area contributed by atoms with Crippen LogP contribution in [0.2, 0.25) is 0 Å². The zero-order valence-electron chi connectivity index (χ0n) is 9.73. The van der Waals surface area contributed by atoms with Crippen LogP contribution in [0.5, 0.6) is 0 Å². The number of rotatable bonds is 5. The monoisotopic (exact) mass is 259 g/mol. The molecule has 1 aliphatic rings. The summed E-state index contributed by atoms with van der Waals surface area (Å²) in [6.45, 7) is 4.04. The molecule has 0 N–H and O–H groups in total. The van der Waals surface area contributed by atoms with Gasteiger partial charge in [-0.2, -0.15) is 0 Å². The fourth-order valence-electron chi connectivity index (χ4n) is 1.53. The first-order valence-corrected chi connectivity index (χ1v) is 5.71. The van der Waals surface area contributed by atoms with E-state index < -0.39 is 5.43 Å². The van der Waals surface area contributed by atoms with Crippen LogP contribution in [0, 0.1) is 5.92 Å². The van der Waals surface area contributed by atoms with Crippen LogP contribution in [0.3, 0.4) is 0 Å². The summed E-state index contributed by atoms with van der Waals surface area (Å²) >= 11 is 4.98. The number of amides is 2. The normalized spacial score (nSPS) is 15.5. The van der Waals surface area contributed by atoms with Gasteiger partial charge in [0.05, 0.1) is 6.61 Å². The quantitative estimate of drug-likeness (QED) is 0.428. The Bertz CT molecular complexity index is 376. The fourth-order valence-corrected chi connectivity index (χ4v) is 1.61. The van der Waals surface area contributed by atoms with Crippen molar-refractivity contribution >= 4 is 28.8 Å². The number of halogens is 1. The molecule has 0 aromatic rings. The summed E-state index contributed by atoms with van der Waals surface area (Å²) in [5, 5.41) is 0. The van der Waals surface area contributed by atoms with E-state index in [0.717, 1.165) is 4.90 Å². The molecule has 0 saturated carbocycles. The standard InChI is InChI=1S/C11H14ClNO4/c1-7(2)8-6-9(14)13(10(8)15)4-3-5-17-11(12)16/h6-7H,3-5H2,1-2H3. The second-order valence-corrected chi connectivity index (χ2v) is 4.30. The zero-order valence-corrected chi connectivity index (χ0v) is 10.5. The summed E-state index contributed by atoms with van der Waals surface area (Å²) in [5.41, 5.74) is -0.366. The molecule has 0 unspecified atom stereocenters. The van der Waals surface area contributed by atoms with Crippen LogP contribution in [0.1, 0.15) is 20.3 Å². The molecule has 0 saturated heterocycles. The molecule has 5 nitrogen and oxygen atoms in total. The average molecular weight is 260 g/mol. The maximum Gasteiger partial charge on any atom is 0.403 e. The molecule has 0 aliphatic carbocycles. The van der Waals surface area contributed by atoms with Crippen molar-refractivity contribution in [1.29, 1.82) is 0 Å². The number of carbonyl (C=O) groups excluding carboxylic acids is 3. The number of hydrogen-bond donors (Lipinski definition) is 0. The van der Waals surface area contributed by atoms with Crippen molar-refractivity contribution < 1.29 is 19.1 Å². The minimum absolute atomic E-state index is 0.0251. The summed E-state index contributed by atoms with van der Waals surface area (Å²) in [6, 6.07) is 0. The lowest BCUT2D eigenvalue weighted by atomic mass is 10.0. The van der Waals surface area contributed by atoms with E-state index in [1.54, 1.807) is 0 Å². The predicted octanol–water partition coefficient (Wildman–Crippen LogP) is 1.70. The molecule has 17 heavy (non-hydrogen) atoms. The summed E-state index contributed by atoms with van der Waals surface area (Å²) in [5.74, 6) is -0.546. The van der Waals surface area contributed by atoms with Gasteiger partial charge in [0.1, 0.15) is 0 Å². The SMILES string of the molecule is CC(C)C1=CC(=O)N(CCCOC(=O)Cl)C1=O. The van der Waals surface area contributed by atoms with Gasteiger partial charge in [0.2, 0.25) is 0 Å². The first-order chi connectivity index (χ1) is 7.93. The maximum atomic E-state index is 11.8. The Kier molecular flexibility index (Phi) is 4.69. The first kappa shape index (κ1) is 13.7. The van der Waals surface area contributed by atoms with Gasteiger partial charge in [0.15, 0.2) is 0 Å². The topological polar surface area (TPSA) is 63.7 Å². The number of imide groups is 1. The molecule has 0 bridgehead atoms. The molecule has 1 aliphatic heterocycles. The summed E-state index contributed by atoms with van der Waals surface area (Å²) in [7, 11) is 0. The van der Waals surface area contributed by atoms with E-state index in [1.165, 1.54) is 6.08 Å². The number of ether oxygens (including phenoxy) is 1. The van der Waals surface area contributed by atoms with E-state index in [-0.39, 0.29) is 30.9 Å². The van der Waals surface area contributed by atoms with E-state index in [1.807, 2.05) is 13.8 Å². The zero-order chi connectivity index (χ0) is 13.0. The van der Waals surface area contributed by atoms with Crippen LogP contribution in [0.25, 0.3) is 0 Å². The van der Waals surface area contributed by atoms with E-state index in [4.69, 9.17) is 11.6 Å². The Balaban J connectivity index is 2.44.